The minimum absolute atomic E-state index is 0.0228. The Labute approximate surface area is 152 Å². The fourth-order valence-corrected chi connectivity index (χ4v) is 3.50. The van der Waals surface area contributed by atoms with Crippen molar-refractivity contribution in [2.24, 2.45) is 5.92 Å². The number of nitrogens with one attached hydrogen (secondary N) is 2. The number of likely N-dealkylation sites (tertiary alicyclic amines) is 1. The topological polar surface area (TPSA) is 65.2 Å². The number of anilines is 1. The third-order valence-corrected chi connectivity index (χ3v) is 4.88. The van der Waals surface area contributed by atoms with Gasteiger partial charge in [-0.15, -0.1) is 0 Å². The summed E-state index contributed by atoms with van der Waals surface area (Å²) in [6, 6.07) is 19.1. The molecule has 2 heterocycles. The van der Waals surface area contributed by atoms with Crippen molar-refractivity contribution < 1.29 is 9.59 Å². The highest BCUT2D eigenvalue weighted by atomic mass is 16.2. The average Bonchev–Trinajstić information content (AvgIpc) is 3.12. The van der Waals surface area contributed by atoms with Crippen LogP contribution in [0.5, 0.6) is 0 Å². The van der Waals surface area contributed by atoms with Gasteiger partial charge in [0, 0.05) is 29.7 Å². The summed E-state index contributed by atoms with van der Waals surface area (Å²) in [5.41, 5.74) is 2.32. The predicted octanol–water partition coefficient (Wildman–Crippen LogP) is 3.66. The first-order valence-electron chi connectivity index (χ1n) is 8.93. The van der Waals surface area contributed by atoms with Crippen molar-refractivity contribution in [1.29, 1.82) is 0 Å². The monoisotopic (exact) mass is 347 g/mol. The second-order valence-electron chi connectivity index (χ2n) is 6.72. The molecule has 26 heavy (non-hydrogen) atoms. The summed E-state index contributed by atoms with van der Waals surface area (Å²) in [6.07, 6.45) is 1.63. The fourth-order valence-electron chi connectivity index (χ4n) is 3.50. The molecule has 2 amide bonds. The van der Waals surface area contributed by atoms with Crippen molar-refractivity contribution in [3.05, 3.63) is 66.4 Å². The lowest BCUT2D eigenvalue weighted by molar-refractivity contribution is -0.121. The third-order valence-electron chi connectivity index (χ3n) is 4.88. The maximum Gasteiger partial charge on any atom is 0.270 e. The first-order valence-corrected chi connectivity index (χ1v) is 8.93. The highest BCUT2D eigenvalue weighted by molar-refractivity contribution is 5.99. The molecule has 1 atom stereocenters. The van der Waals surface area contributed by atoms with Crippen LogP contribution in [0.3, 0.4) is 0 Å². The number of H-pyrrole nitrogens is 1. The Hall–Kier alpha value is -3.08. The molecular weight excluding hydrogens is 326 g/mol. The van der Waals surface area contributed by atoms with E-state index in [9.17, 15) is 9.59 Å². The Bertz CT molecular complexity index is 900. The van der Waals surface area contributed by atoms with Crippen LogP contribution in [0.15, 0.2) is 60.7 Å². The van der Waals surface area contributed by atoms with Gasteiger partial charge in [0.05, 0.1) is 5.92 Å². The van der Waals surface area contributed by atoms with Gasteiger partial charge in [-0.25, -0.2) is 0 Å². The standard InChI is InChI=1S/C21H21N3O2/c25-20(22-17-9-2-1-3-10-17)16-8-6-12-24(14-16)21(26)19-13-15-7-4-5-11-18(15)23-19/h1-5,7,9-11,13,16,23H,6,8,12,14H2,(H,22,25)/t16-/m0/s1. The van der Waals surface area contributed by atoms with Crippen molar-refractivity contribution in [1.82, 2.24) is 9.88 Å². The summed E-state index contributed by atoms with van der Waals surface area (Å²) >= 11 is 0. The number of amides is 2. The Kier molecular flexibility index (Phi) is 4.44. The van der Waals surface area contributed by atoms with E-state index in [0.717, 1.165) is 29.4 Å². The maximum atomic E-state index is 12.9. The van der Waals surface area contributed by atoms with E-state index in [2.05, 4.69) is 10.3 Å². The second-order valence-corrected chi connectivity index (χ2v) is 6.72. The summed E-state index contributed by atoms with van der Waals surface area (Å²) in [6.45, 7) is 1.14. The van der Waals surface area contributed by atoms with E-state index in [-0.39, 0.29) is 17.7 Å². The van der Waals surface area contributed by atoms with Crippen LogP contribution in [-0.4, -0.2) is 34.8 Å². The largest absolute Gasteiger partial charge is 0.351 e. The van der Waals surface area contributed by atoms with Gasteiger partial charge in [0.1, 0.15) is 5.69 Å². The van der Waals surface area contributed by atoms with Crippen LogP contribution < -0.4 is 5.32 Å². The number of carbonyl (C=O) groups excluding carboxylic acids is 2. The number of benzene rings is 2. The molecule has 0 bridgehead atoms. The van der Waals surface area contributed by atoms with Crippen LogP contribution in [0.1, 0.15) is 23.3 Å². The lowest BCUT2D eigenvalue weighted by Crippen LogP contribution is -2.43. The SMILES string of the molecule is O=C(Nc1ccccc1)[C@H]1CCCN(C(=O)c2cc3ccccc3[nH]2)C1. The molecule has 1 fully saturated rings. The molecule has 5 heteroatoms. The summed E-state index contributed by atoms with van der Waals surface area (Å²) in [5, 5.41) is 3.97. The van der Waals surface area contributed by atoms with Crippen LogP contribution in [0.2, 0.25) is 0 Å². The summed E-state index contributed by atoms with van der Waals surface area (Å²) in [4.78, 5) is 30.4. The molecule has 0 saturated carbocycles. The number of hydrogen-bond donors (Lipinski definition) is 2. The molecule has 1 aliphatic heterocycles. The van der Waals surface area contributed by atoms with Gasteiger partial charge < -0.3 is 15.2 Å². The van der Waals surface area contributed by atoms with Gasteiger partial charge in [0.2, 0.25) is 5.91 Å². The lowest BCUT2D eigenvalue weighted by Gasteiger charge is -2.31. The first kappa shape index (κ1) is 16.4. The molecule has 1 aliphatic rings. The Morgan fingerprint density at radius 1 is 1.04 bits per heavy atom. The van der Waals surface area contributed by atoms with E-state index in [1.54, 1.807) is 4.90 Å². The quantitative estimate of drug-likeness (QED) is 0.759. The smallest absolute Gasteiger partial charge is 0.270 e. The first-order chi connectivity index (χ1) is 12.7. The van der Waals surface area contributed by atoms with Crippen molar-refractivity contribution in [3.63, 3.8) is 0 Å². The van der Waals surface area contributed by atoms with Crippen LogP contribution >= 0.6 is 0 Å². The lowest BCUT2D eigenvalue weighted by atomic mass is 9.96. The zero-order valence-corrected chi connectivity index (χ0v) is 14.4. The number of hydrogen-bond acceptors (Lipinski definition) is 2. The van der Waals surface area contributed by atoms with E-state index < -0.39 is 0 Å². The van der Waals surface area contributed by atoms with E-state index in [4.69, 9.17) is 0 Å². The number of nitrogens with zero attached hydrogens (tertiary/aromatic N) is 1. The number of aromatic amines is 1. The molecular formula is C21H21N3O2. The average molecular weight is 347 g/mol. The van der Waals surface area contributed by atoms with Crippen molar-refractivity contribution >= 4 is 28.4 Å². The summed E-state index contributed by atoms with van der Waals surface area (Å²) in [5.74, 6) is -0.249. The molecule has 5 nitrogen and oxygen atoms in total. The van der Waals surface area contributed by atoms with Gasteiger partial charge in [-0.3, -0.25) is 9.59 Å². The molecule has 2 aromatic carbocycles. The zero-order chi connectivity index (χ0) is 17.9. The van der Waals surface area contributed by atoms with Gasteiger partial charge in [0.25, 0.3) is 5.91 Å². The molecule has 3 aromatic rings. The van der Waals surface area contributed by atoms with Crippen molar-refractivity contribution in [2.45, 2.75) is 12.8 Å². The molecule has 0 radical (unpaired) electrons. The van der Waals surface area contributed by atoms with Gasteiger partial charge in [-0.05, 0) is 37.1 Å². The van der Waals surface area contributed by atoms with Gasteiger partial charge in [-0.1, -0.05) is 36.4 Å². The van der Waals surface area contributed by atoms with Gasteiger partial charge >= 0.3 is 0 Å². The molecule has 1 aromatic heterocycles. The van der Waals surface area contributed by atoms with Gasteiger partial charge in [-0.2, -0.15) is 0 Å². The molecule has 1 saturated heterocycles. The van der Waals surface area contributed by atoms with Crippen LogP contribution in [0, 0.1) is 5.92 Å². The number of piperidine rings is 1. The molecule has 4 rings (SSSR count). The minimum Gasteiger partial charge on any atom is -0.351 e. The molecule has 132 valence electrons. The number of aromatic nitrogens is 1. The van der Waals surface area contributed by atoms with Crippen LogP contribution in [0.4, 0.5) is 5.69 Å². The second kappa shape index (κ2) is 7.04. The van der Waals surface area contributed by atoms with E-state index in [0.29, 0.717) is 18.8 Å². The van der Waals surface area contributed by atoms with E-state index in [1.165, 1.54) is 0 Å². The third kappa shape index (κ3) is 3.33. The fraction of sp³-hybridized carbons (Fsp3) is 0.238. The molecule has 0 unspecified atom stereocenters. The number of carbonyl (C=O) groups is 2. The van der Waals surface area contributed by atoms with Crippen molar-refractivity contribution in [2.75, 3.05) is 18.4 Å². The highest BCUT2D eigenvalue weighted by Gasteiger charge is 2.29. The number of rotatable bonds is 3. The summed E-state index contributed by atoms with van der Waals surface area (Å²) < 4.78 is 0. The molecule has 0 spiro atoms. The molecule has 0 aliphatic carbocycles. The summed E-state index contributed by atoms with van der Waals surface area (Å²) in [7, 11) is 0. The zero-order valence-electron chi connectivity index (χ0n) is 14.4. The maximum absolute atomic E-state index is 12.9. The number of para-hydroxylation sites is 2. The predicted molar refractivity (Wildman–Crippen MR) is 102 cm³/mol. The molecule has 2 N–H and O–H groups in total. The van der Waals surface area contributed by atoms with Gasteiger partial charge in [0.15, 0.2) is 0 Å². The minimum atomic E-state index is -0.183. The van der Waals surface area contributed by atoms with Crippen molar-refractivity contribution in [3.8, 4) is 0 Å². The van der Waals surface area contributed by atoms with Crippen LogP contribution in [-0.2, 0) is 4.79 Å². The van der Waals surface area contributed by atoms with E-state index >= 15 is 0 Å². The highest BCUT2D eigenvalue weighted by Crippen LogP contribution is 2.22. The van der Waals surface area contributed by atoms with Crippen LogP contribution in [0.25, 0.3) is 10.9 Å². The normalized spacial score (nSPS) is 17.2. The Morgan fingerprint density at radius 2 is 1.81 bits per heavy atom. The van der Waals surface area contributed by atoms with E-state index in [1.807, 2.05) is 60.7 Å². The Morgan fingerprint density at radius 3 is 2.62 bits per heavy atom. The number of fused-ring (bicyclic) bond motifs is 1. The Balaban J connectivity index is 1.45.